The van der Waals surface area contributed by atoms with Crippen LogP contribution in [0.4, 0.5) is 5.82 Å². The third kappa shape index (κ3) is 3.21. The highest BCUT2D eigenvalue weighted by Crippen LogP contribution is 2.24. The van der Waals surface area contributed by atoms with Crippen molar-refractivity contribution in [2.24, 2.45) is 11.1 Å². The molecule has 1 rings (SSSR count). The van der Waals surface area contributed by atoms with Crippen LogP contribution in [0, 0.1) is 23.7 Å². The minimum Gasteiger partial charge on any atom is -0.355 e. The first kappa shape index (κ1) is 14.5. The maximum absolute atomic E-state index is 9.26. The van der Waals surface area contributed by atoms with Gasteiger partial charge in [-0.2, -0.15) is 5.26 Å². The van der Waals surface area contributed by atoms with Crippen LogP contribution in [-0.4, -0.2) is 24.6 Å². The van der Waals surface area contributed by atoms with Crippen LogP contribution in [0.15, 0.2) is 12.3 Å². The molecule has 0 bridgehead atoms. The van der Waals surface area contributed by atoms with E-state index >= 15 is 0 Å². The van der Waals surface area contributed by atoms with Crippen LogP contribution in [0.5, 0.6) is 0 Å². The maximum atomic E-state index is 9.26. The molecule has 0 fully saturated rings. The topological polar surface area (TPSA) is 65.9 Å². The van der Waals surface area contributed by atoms with Gasteiger partial charge in [-0.25, -0.2) is 4.98 Å². The molecule has 0 aliphatic heterocycles. The van der Waals surface area contributed by atoms with E-state index in [1.165, 1.54) is 0 Å². The van der Waals surface area contributed by atoms with E-state index in [-0.39, 0.29) is 5.41 Å². The Morgan fingerprint density at radius 3 is 2.67 bits per heavy atom. The van der Waals surface area contributed by atoms with Crippen LogP contribution in [0.3, 0.4) is 0 Å². The van der Waals surface area contributed by atoms with Crippen molar-refractivity contribution in [3.05, 3.63) is 23.4 Å². The van der Waals surface area contributed by atoms with Gasteiger partial charge < -0.3 is 10.6 Å². The molecule has 0 aliphatic rings. The van der Waals surface area contributed by atoms with E-state index in [1.54, 1.807) is 6.20 Å². The summed E-state index contributed by atoms with van der Waals surface area (Å²) in [5, 5.41) is 9.26. The molecule has 0 radical (unpaired) electrons. The fourth-order valence-corrected chi connectivity index (χ4v) is 1.84. The molecular weight excluding hydrogens is 224 g/mol. The molecule has 0 aromatic carbocycles. The lowest BCUT2D eigenvalue weighted by Crippen LogP contribution is -2.39. The van der Waals surface area contributed by atoms with E-state index in [4.69, 9.17) is 5.73 Å². The summed E-state index contributed by atoms with van der Waals surface area (Å²) >= 11 is 0. The zero-order valence-electron chi connectivity index (χ0n) is 11.7. The zero-order valence-corrected chi connectivity index (χ0v) is 11.7. The van der Waals surface area contributed by atoms with Gasteiger partial charge in [0.2, 0.25) is 0 Å². The molecule has 18 heavy (non-hydrogen) atoms. The van der Waals surface area contributed by atoms with Crippen molar-refractivity contribution in [3.8, 4) is 6.07 Å². The summed E-state index contributed by atoms with van der Waals surface area (Å²) < 4.78 is 0. The lowest BCUT2D eigenvalue weighted by atomic mass is 9.93. The van der Waals surface area contributed by atoms with Crippen LogP contribution < -0.4 is 10.6 Å². The standard InChI is InChI=1S/C14H22N4/c1-5-18(10-14(3,4)9-16)13-12(8-15)11(2)6-7-17-13/h6-7H,5,9-10,16H2,1-4H3. The fourth-order valence-electron chi connectivity index (χ4n) is 1.84. The second-order valence-electron chi connectivity index (χ2n) is 5.32. The van der Waals surface area contributed by atoms with Crippen LogP contribution in [0.25, 0.3) is 0 Å². The molecule has 0 aliphatic carbocycles. The Balaban J connectivity index is 3.11. The van der Waals surface area contributed by atoms with Crippen molar-refractivity contribution < 1.29 is 0 Å². The zero-order chi connectivity index (χ0) is 13.8. The average molecular weight is 246 g/mol. The number of hydrogen-bond donors (Lipinski definition) is 1. The Morgan fingerprint density at radius 2 is 2.17 bits per heavy atom. The average Bonchev–Trinajstić information content (AvgIpc) is 2.35. The van der Waals surface area contributed by atoms with Gasteiger partial charge in [0, 0.05) is 19.3 Å². The number of hydrogen-bond acceptors (Lipinski definition) is 4. The summed E-state index contributed by atoms with van der Waals surface area (Å²) in [5.74, 6) is 0.765. The van der Waals surface area contributed by atoms with Gasteiger partial charge in [0.1, 0.15) is 11.9 Å². The summed E-state index contributed by atoms with van der Waals surface area (Å²) in [5.41, 5.74) is 7.41. The van der Waals surface area contributed by atoms with Crippen LogP contribution >= 0.6 is 0 Å². The smallest absolute Gasteiger partial charge is 0.146 e. The highest BCUT2D eigenvalue weighted by Gasteiger charge is 2.22. The van der Waals surface area contributed by atoms with Gasteiger partial charge in [-0.15, -0.1) is 0 Å². The van der Waals surface area contributed by atoms with E-state index in [9.17, 15) is 5.26 Å². The third-order valence-corrected chi connectivity index (χ3v) is 3.10. The van der Waals surface area contributed by atoms with Gasteiger partial charge >= 0.3 is 0 Å². The predicted molar refractivity (Wildman–Crippen MR) is 74.4 cm³/mol. The number of aromatic nitrogens is 1. The van der Waals surface area contributed by atoms with Crippen molar-refractivity contribution in [1.82, 2.24) is 4.98 Å². The lowest BCUT2D eigenvalue weighted by Gasteiger charge is -2.32. The second-order valence-corrected chi connectivity index (χ2v) is 5.32. The second kappa shape index (κ2) is 5.83. The monoisotopic (exact) mass is 246 g/mol. The molecule has 4 heteroatoms. The highest BCUT2D eigenvalue weighted by molar-refractivity contribution is 5.57. The molecule has 0 saturated heterocycles. The predicted octanol–water partition coefficient (Wildman–Crippen LogP) is 2.07. The summed E-state index contributed by atoms with van der Waals surface area (Å²) in [6.07, 6.45) is 1.75. The molecule has 4 nitrogen and oxygen atoms in total. The number of pyridine rings is 1. The number of aryl methyl sites for hydroxylation is 1. The van der Waals surface area contributed by atoms with Crippen molar-refractivity contribution >= 4 is 5.82 Å². The molecule has 98 valence electrons. The van der Waals surface area contributed by atoms with Crippen molar-refractivity contribution in [3.63, 3.8) is 0 Å². The molecule has 0 saturated carbocycles. The Morgan fingerprint density at radius 1 is 1.50 bits per heavy atom. The largest absolute Gasteiger partial charge is 0.355 e. The van der Waals surface area contributed by atoms with E-state index in [0.717, 1.165) is 24.5 Å². The van der Waals surface area contributed by atoms with Crippen molar-refractivity contribution in [2.45, 2.75) is 27.7 Å². The molecule has 0 atom stereocenters. The number of nitrogens with zero attached hydrogens (tertiary/aromatic N) is 3. The van der Waals surface area contributed by atoms with Crippen LogP contribution in [-0.2, 0) is 0 Å². The van der Waals surface area contributed by atoms with Gasteiger partial charge in [0.05, 0.1) is 5.56 Å². The first-order valence-electron chi connectivity index (χ1n) is 6.26. The molecule has 1 heterocycles. The van der Waals surface area contributed by atoms with Gasteiger partial charge in [-0.1, -0.05) is 13.8 Å². The van der Waals surface area contributed by atoms with Gasteiger partial charge in [-0.05, 0) is 37.4 Å². The number of nitriles is 1. The molecule has 1 aromatic heterocycles. The van der Waals surface area contributed by atoms with Crippen molar-refractivity contribution in [1.29, 1.82) is 5.26 Å². The Labute approximate surface area is 109 Å². The quantitative estimate of drug-likeness (QED) is 0.863. The summed E-state index contributed by atoms with van der Waals surface area (Å²) in [4.78, 5) is 6.49. The molecule has 2 N–H and O–H groups in total. The van der Waals surface area contributed by atoms with Crippen LogP contribution in [0.2, 0.25) is 0 Å². The molecular formula is C14H22N4. The first-order valence-corrected chi connectivity index (χ1v) is 6.26. The number of nitrogens with two attached hydrogens (primary N) is 1. The Hall–Kier alpha value is -1.60. The minimum absolute atomic E-state index is 0.00810. The lowest BCUT2D eigenvalue weighted by molar-refractivity contribution is 0.378. The molecule has 1 aromatic rings. The van der Waals surface area contributed by atoms with E-state index in [1.807, 2.05) is 13.0 Å². The molecule has 0 unspecified atom stereocenters. The SMILES string of the molecule is CCN(CC(C)(C)CN)c1nccc(C)c1C#N. The third-order valence-electron chi connectivity index (χ3n) is 3.10. The number of anilines is 1. The van der Waals surface area contributed by atoms with E-state index in [0.29, 0.717) is 12.1 Å². The van der Waals surface area contributed by atoms with Gasteiger partial charge in [0.25, 0.3) is 0 Å². The molecule has 0 spiro atoms. The summed E-state index contributed by atoms with van der Waals surface area (Å²) in [7, 11) is 0. The first-order chi connectivity index (χ1) is 8.45. The minimum atomic E-state index is 0.00810. The van der Waals surface area contributed by atoms with Gasteiger partial charge in [-0.3, -0.25) is 0 Å². The van der Waals surface area contributed by atoms with Crippen molar-refractivity contribution in [2.75, 3.05) is 24.5 Å². The van der Waals surface area contributed by atoms with Crippen LogP contribution in [0.1, 0.15) is 31.9 Å². The summed E-state index contributed by atoms with van der Waals surface area (Å²) in [6.45, 7) is 10.5. The maximum Gasteiger partial charge on any atom is 0.146 e. The highest BCUT2D eigenvalue weighted by atomic mass is 15.2. The Kier molecular flexibility index (Phi) is 4.69. The number of rotatable bonds is 5. The van der Waals surface area contributed by atoms with E-state index in [2.05, 4.69) is 36.7 Å². The normalized spacial score (nSPS) is 11.1. The summed E-state index contributed by atoms with van der Waals surface area (Å²) in [6, 6.07) is 4.11. The Bertz CT molecular complexity index is 446. The van der Waals surface area contributed by atoms with E-state index < -0.39 is 0 Å². The van der Waals surface area contributed by atoms with Gasteiger partial charge in [0.15, 0.2) is 0 Å². The molecule has 0 amide bonds. The fraction of sp³-hybridized carbons (Fsp3) is 0.571.